The predicted octanol–water partition coefficient (Wildman–Crippen LogP) is 4.84. The van der Waals surface area contributed by atoms with Gasteiger partial charge in [0.05, 0.1) is 25.9 Å². The number of fused-ring (bicyclic) bond motifs is 2. The number of benzene rings is 2. The average molecular weight is 511 g/mol. The van der Waals surface area contributed by atoms with E-state index in [1.165, 1.54) is 13.2 Å². The monoisotopic (exact) mass is 510 g/mol. The zero-order valence-electron chi connectivity index (χ0n) is 21.1. The zero-order valence-corrected chi connectivity index (χ0v) is 21.1. The van der Waals surface area contributed by atoms with Gasteiger partial charge in [-0.05, 0) is 48.2 Å². The first-order valence-electron chi connectivity index (χ1n) is 12.7. The van der Waals surface area contributed by atoms with Crippen LogP contribution in [0.3, 0.4) is 0 Å². The normalized spacial score (nSPS) is 17.0. The van der Waals surface area contributed by atoms with Crippen LogP contribution in [0.15, 0.2) is 72.1 Å². The highest BCUT2D eigenvalue weighted by atomic mass is 19.1. The molecular formula is C30H27FN4O3. The molecule has 2 aromatic heterocycles. The summed E-state index contributed by atoms with van der Waals surface area (Å²) >= 11 is 0. The van der Waals surface area contributed by atoms with Gasteiger partial charge in [0.25, 0.3) is 0 Å². The fourth-order valence-electron chi connectivity index (χ4n) is 5.43. The molecule has 1 fully saturated rings. The Kier molecular flexibility index (Phi) is 6.23. The minimum atomic E-state index is -0.404. The number of carbonyl (C=O) groups excluding carboxylic acids is 2. The molecule has 0 saturated carbocycles. The fourth-order valence-corrected chi connectivity index (χ4v) is 5.43. The van der Waals surface area contributed by atoms with E-state index in [1.807, 2.05) is 47.1 Å². The summed E-state index contributed by atoms with van der Waals surface area (Å²) in [6.07, 6.45) is 6.96. The molecule has 1 atom stereocenters. The largest absolute Gasteiger partial charge is 0.496 e. The van der Waals surface area contributed by atoms with Crippen LogP contribution in [0.2, 0.25) is 0 Å². The Morgan fingerprint density at radius 3 is 2.95 bits per heavy atom. The highest BCUT2D eigenvalue weighted by Gasteiger charge is 2.29. The summed E-state index contributed by atoms with van der Waals surface area (Å²) in [5.41, 5.74) is 5.78. The average Bonchev–Trinajstić information content (AvgIpc) is 3.57. The molecular weight excluding hydrogens is 483 g/mol. The number of aromatic nitrogens is 2. The second-order valence-electron chi connectivity index (χ2n) is 9.87. The number of amides is 1. The number of methoxy groups -OCH3 is 1. The lowest BCUT2D eigenvalue weighted by atomic mass is 9.89. The van der Waals surface area contributed by atoms with Gasteiger partial charge < -0.3 is 14.0 Å². The van der Waals surface area contributed by atoms with Crippen molar-refractivity contribution in [2.45, 2.75) is 32.4 Å². The van der Waals surface area contributed by atoms with Crippen molar-refractivity contribution in [2.24, 2.45) is 10.9 Å². The summed E-state index contributed by atoms with van der Waals surface area (Å²) in [5.74, 6) is 0.0130. The van der Waals surface area contributed by atoms with Gasteiger partial charge >= 0.3 is 0 Å². The summed E-state index contributed by atoms with van der Waals surface area (Å²) in [6, 6.07) is 14.4. The Bertz CT molecular complexity index is 1590. The van der Waals surface area contributed by atoms with Crippen LogP contribution >= 0.6 is 0 Å². The van der Waals surface area contributed by atoms with Crippen molar-refractivity contribution in [2.75, 3.05) is 13.7 Å². The maximum Gasteiger partial charge on any atom is 0.222 e. The number of hydrogen-bond acceptors (Lipinski definition) is 5. The van der Waals surface area contributed by atoms with Crippen molar-refractivity contribution in [3.05, 3.63) is 101 Å². The van der Waals surface area contributed by atoms with Gasteiger partial charge in [-0.15, -0.1) is 0 Å². The number of ether oxygens (including phenoxy) is 1. The molecule has 6 rings (SSSR count). The van der Waals surface area contributed by atoms with Crippen molar-refractivity contribution in [3.63, 3.8) is 0 Å². The SMILES string of the molecule is COc1cccc(F)c1CN1C[C@@H](CC(=O)c2ccc3c(c2)C(c2ccc4nccn4c2)=NC3)CCC1=O. The minimum Gasteiger partial charge on any atom is -0.496 e. The van der Waals surface area contributed by atoms with E-state index in [-0.39, 0.29) is 24.2 Å². The molecule has 0 N–H and O–H groups in total. The number of rotatable bonds is 7. The molecule has 1 amide bonds. The van der Waals surface area contributed by atoms with Gasteiger partial charge in [-0.25, -0.2) is 9.37 Å². The van der Waals surface area contributed by atoms with Gasteiger partial charge in [-0.3, -0.25) is 14.6 Å². The van der Waals surface area contributed by atoms with E-state index in [0.29, 0.717) is 49.2 Å². The lowest BCUT2D eigenvalue weighted by Gasteiger charge is -2.33. The molecule has 192 valence electrons. The van der Waals surface area contributed by atoms with Gasteiger partial charge in [0.1, 0.15) is 17.2 Å². The number of ketones is 1. The van der Waals surface area contributed by atoms with Gasteiger partial charge in [0, 0.05) is 60.2 Å². The van der Waals surface area contributed by atoms with Crippen molar-refractivity contribution in [1.82, 2.24) is 14.3 Å². The summed E-state index contributed by atoms with van der Waals surface area (Å²) in [7, 11) is 1.49. The molecule has 7 nitrogen and oxygen atoms in total. The van der Waals surface area contributed by atoms with Crippen LogP contribution < -0.4 is 4.74 Å². The summed E-state index contributed by atoms with van der Waals surface area (Å²) < 4.78 is 21.7. The summed E-state index contributed by atoms with van der Waals surface area (Å²) in [5, 5.41) is 0. The number of nitrogens with zero attached hydrogens (tertiary/aromatic N) is 4. The highest BCUT2D eigenvalue weighted by Crippen LogP contribution is 2.29. The molecule has 38 heavy (non-hydrogen) atoms. The topological polar surface area (TPSA) is 76.3 Å². The molecule has 4 aromatic rings. The molecule has 2 aromatic carbocycles. The van der Waals surface area contributed by atoms with Crippen molar-refractivity contribution in [1.29, 1.82) is 0 Å². The van der Waals surface area contributed by atoms with Crippen LogP contribution in [0.1, 0.15) is 51.9 Å². The number of carbonyl (C=O) groups is 2. The predicted molar refractivity (Wildman–Crippen MR) is 141 cm³/mol. The third-order valence-corrected chi connectivity index (χ3v) is 7.47. The number of aliphatic imine (C=N–C) groups is 1. The highest BCUT2D eigenvalue weighted by molar-refractivity contribution is 6.16. The molecule has 2 aliphatic rings. The number of imidazole rings is 1. The number of pyridine rings is 1. The van der Waals surface area contributed by atoms with Crippen LogP contribution in [-0.2, 0) is 17.9 Å². The molecule has 2 aliphatic heterocycles. The Morgan fingerprint density at radius 1 is 1.18 bits per heavy atom. The standard InChI is InChI=1S/C30H27FN4O3/c1-38-27-4-2-3-25(31)24(27)18-35-16-19(5-10-29(35)37)13-26(36)20-6-7-21-15-33-30(23(21)14-20)22-8-9-28-32-11-12-34(28)17-22/h2-4,6-9,11-12,14,17,19H,5,10,13,15-16,18H2,1H3/t19-/m1/s1. The Balaban J connectivity index is 1.18. The quantitative estimate of drug-likeness (QED) is 0.333. The van der Waals surface area contributed by atoms with E-state index in [0.717, 1.165) is 28.0 Å². The molecule has 0 bridgehead atoms. The molecule has 0 unspecified atom stereocenters. The lowest BCUT2D eigenvalue weighted by molar-refractivity contribution is -0.135. The van der Waals surface area contributed by atoms with Gasteiger partial charge in [0.15, 0.2) is 5.78 Å². The van der Waals surface area contributed by atoms with Gasteiger partial charge in [0.2, 0.25) is 5.91 Å². The number of piperidine rings is 1. The fraction of sp³-hybridized carbons (Fsp3) is 0.267. The number of Topliss-reactive ketones (excluding diaryl/α,β-unsaturated/α-hetero) is 1. The zero-order chi connectivity index (χ0) is 26.2. The van der Waals surface area contributed by atoms with Crippen LogP contribution in [0.5, 0.6) is 5.75 Å². The van der Waals surface area contributed by atoms with Gasteiger partial charge in [-0.2, -0.15) is 0 Å². The second-order valence-corrected chi connectivity index (χ2v) is 9.87. The Hall–Kier alpha value is -4.33. The number of hydrogen-bond donors (Lipinski definition) is 0. The van der Waals surface area contributed by atoms with Crippen LogP contribution in [0, 0.1) is 11.7 Å². The van der Waals surface area contributed by atoms with Crippen molar-refractivity contribution >= 4 is 23.0 Å². The third-order valence-electron chi connectivity index (χ3n) is 7.47. The van der Waals surface area contributed by atoms with E-state index in [4.69, 9.17) is 9.73 Å². The number of halogens is 1. The Labute approximate surface area is 219 Å². The molecule has 4 heterocycles. The van der Waals surface area contributed by atoms with E-state index in [2.05, 4.69) is 4.98 Å². The first-order valence-corrected chi connectivity index (χ1v) is 12.7. The lowest BCUT2D eigenvalue weighted by Crippen LogP contribution is -2.40. The maximum absolute atomic E-state index is 14.5. The summed E-state index contributed by atoms with van der Waals surface area (Å²) in [6.45, 7) is 1.12. The first-order chi connectivity index (χ1) is 18.5. The summed E-state index contributed by atoms with van der Waals surface area (Å²) in [4.78, 5) is 36.7. The molecule has 0 aliphatic carbocycles. The smallest absolute Gasteiger partial charge is 0.222 e. The maximum atomic E-state index is 14.5. The van der Waals surface area contributed by atoms with Crippen molar-refractivity contribution in [3.8, 4) is 5.75 Å². The van der Waals surface area contributed by atoms with E-state index in [9.17, 15) is 14.0 Å². The molecule has 8 heteroatoms. The van der Waals surface area contributed by atoms with E-state index in [1.54, 1.807) is 23.2 Å². The van der Waals surface area contributed by atoms with E-state index >= 15 is 0 Å². The second kappa shape index (κ2) is 9.85. The van der Waals surface area contributed by atoms with Crippen LogP contribution in [0.4, 0.5) is 4.39 Å². The molecule has 1 saturated heterocycles. The first kappa shape index (κ1) is 24.0. The van der Waals surface area contributed by atoms with Gasteiger partial charge in [-0.1, -0.05) is 18.2 Å². The third kappa shape index (κ3) is 4.47. The molecule has 0 spiro atoms. The number of likely N-dealkylation sites (tertiary alicyclic amines) is 1. The Morgan fingerprint density at radius 2 is 2.08 bits per heavy atom. The van der Waals surface area contributed by atoms with Crippen molar-refractivity contribution < 1.29 is 18.7 Å². The minimum absolute atomic E-state index is 0.00279. The van der Waals surface area contributed by atoms with Crippen LogP contribution in [-0.4, -0.2) is 45.3 Å². The van der Waals surface area contributed by atoms with Crippen LogP contribution in [0.25, 0.3) is 5.65 Å². The molecule has 0 radical (unpaired) electrons. The van der Waals surface area contributed by atoms with E-state index < -0.39 is 5.82 Å².